The molecule has 0 unspecified atom stereocenters. The van der Waals surface area contributed by atoms with Gasteiger partial charge in [0.05, 0.1) is 12.4 Å². The molecule has 0 saturated carbocycles. The highest BCUT2D eigenvalue weighted by molar-refractivity contribution is 5.68. The van der Waals surface area contributed by atoms with Crippen LogP contribution in [0.25, 0.3) is 11.1 Å². The van der Waals surface area contributed by atoms with E-state index in [1.165, 1.54) is 12.4 Å². The molecule has 0 aliphatic heterocycles. The summed E-state index contributed by atoms with van der Waals surface area (Å²) < 4.78 is 0. The van der Waals surface area contributed by atoms with Crippen molar-refractivity contribution in [1.82, 2.24) is 20.4 Å². The molecule has 2 rings (SSSR count). The van der Waals surface area contributed by atoms with E-state index < -0.39 is 4.92 Å². The van der Waals surface area contributed by atoms with Gasteiger partial charge in [0.25, 0.3) is 0 Å². The minimum atomic E-state index is -0.519. The molecule has 0 saturated heterocycles. The largest absolute Gasteiger partial charge is 0.358 e. The number of aromatic amines is 2. The van der Waals surface area contributed by atoms with Gasteiger partial charge in [-0.05, 0) is 4.92 Å². The normalized spacial score (nSPS) is 10.2. The van der Waals surface area contributed by atoms with Gasteiger partial charge in [0.2, 0.25) is 0 Å². The van der Waals surface area contributed by atoms with Crippen molar-refractivity contribution < 1.29 is 4.92 Å². The van der Waals surface area contributed by atoms with Crippen LogP contribution >= 0.6 is 0 Å². The van der Waals surface area contributed by atoms with Crippen molar-refractivity contribution in [3.63, 3.8) is 0 Å². The molecular weight excluding hydrogens is 174 g/mol. The van der Waals surface area contributed by atoms with E-state index in [1.807, 2.05) is 0 Å². The Hall–Kier alpha value is -2.18. The zero-order valence-electron chi connectivity index (χ0n) is 6.39. The summed E-state index contributed by atoms with van der Waals surface area (Å²) in [6, 6.07) is 0. The van der Waals surface area contributed by atoms with Crippen LogP contribution < -0.4 is 0 Å². The fourth-order valence-corrected chi connectivity index (χ4v) is 1.03. The van der Waals surface area contributed by atoms with E-state index in [4.69, 9.17) is 0 Å². The van der Waals surface area contributed by atoms with Crippen molar-refractivity contribution >= 4 is 5.82 Å². The van der Waals surface area contributed by atoms with Gasteiger partial charge in [0.15, 0.2) is 0 Å². The first-order valence-corrected chi connectivity index (χ1v) is 3.46. The minimum absolute atomic E-state index is 0.124. The molecule has 0 amide bonds. The highest BCUT2D eigenvalue weighted by Crippen LogP contribution is 2.25. The number of nitrogens with one attached hydrogen (secondary N) is 2. The number of H-pyrrole nitrogens is 2. The molecular formula is C6H5N5O2. The average Bonchev–Trinajstić information content (AvgIpc) is 2.74. The number of nitro groups is 1. The third-order valence-corrected chi connectivity index (χ3v) is 1.61. The quantitative estimate of drug-likeness (QED) is 0.523. The highest BCUT2D eigenvalue weighted by Gasteiger charge is 2.16. The predicted octanol–water partition coefficient (Wildman–Crippen LogP) is 0.708. The maximum atomic E-state index is 10.5. The topological polar surface area (TPSA) is 100 Å². The summed E-state index contributed by atoms with van der Waals surface area (Å²) in [5, 5.41) is 22.6. The van der Waals surface area contributed by atoms with Gasteiger partial charge >= 0.3 is 5.82 Å². The van der Waals surface area contributed by atoms with Crippen LogP contribution in [-0.4, -0.2) is 25.3 Å². The fraction of sp³-hybridized carbons (Fsp3) is 0. The van der Waals surface area contributed by atoms with Crippen LogP contribution in [0.5, 0.6) is 0 Å². The van der Waals surface area contributed by atoms with Gasteiger partial charge in [0.1, 0.15) is 5.56 Å². The van der Waals surface area contributed by atoms with Gasteiger partial charge in [-0.2, -0.15) is 5.10 Å². The molecule has 13 heavy (non-hydrogen) atoms. The summed E-state index contributed by atoms with van der Waals surface area (Å²) in [5.41, 5.74) is 1.07. The third kappa shape index (κ3) is 1.15. The molecule has 0 fully saturated rings. The minimum Gasteiger partial charge on any atom is -0.358 e. The third-order valence-electron chi connectivity index (χ3n) is 1.61. The molecule has 7 heteroatoms. The zero-order chi connectivity index (χ0) is 9.26. The van der Waals surface area contributed by atoms with E-state index in [2.05, 4.69) is 20.4 Å². The Morgan fingerprint density at radius 2 is 2.23 bits per heavy atom. The Morgan fingerprint density at radius 3 is 2.85 bits per heavy atom. The first-order chi connectivity index (χ1) is 6.29. The van der Waals surface area contributed by atoms with Crippen LogP contribution in [0.4, 0.5) is 5.82 Å². The first-order valence-electron chi connectivity index (χ1n) is 3.46. The molecule has 0 aliphatic rings. The van der Waals surface area contributed by atoms with Crippen molar-refractivity contribution in [2.45, 2.75) is 0 Å². The second-order valence-electron chi connectivity index (χ2n) is 2.38. The highest BCUT2D eigenvalue weighted by atomic mass is 16.6. The van der Waals surface area contributed by atoms with Crippen LogP contribution in [0.1, 0.15) is 0 Å². The molecule has 7 nitrogen and oxygen atoms in total. The Balaban J connectivity index is 2.52. The van der Waals surface area contributed by atoms with Gasteiger partial charge < -0.3 is 10.1 Å². The Labute approximate surface area is 71.9 Å². The summed E-state index contributed by atoms with van der Waals surface area (Å²) in [6.07, 6.45) is 4.46. The number of hydrogen-bond donors (Lipinski definition) is 2. The Bertz CT molecular complexity index is 418. The first kappa shape index (κ1) is 7.47. The Kier molecular flexibility index (Phi) is 1.55. The van der Waals surface area contributed by atoms with Crippen LogP contribution in [0.2, 0.25) is 0 Å². The van der Waals surface area contributed by atoms with E-state index in [0.29, 0.717) is 11.1 Å². The van der Waals surface area contributed by atoms with Crippen molar-refractivity contribution in [1.29, 1.82) is 0 Å². The van der Waals surface area contributed by atoms with Crippen molar-refractivity contribution in [3.8, 4) is 11.1 Å². The van der Waals surface area contributed by atoms with E-state index in [9.17, 15) is 10.1 Å². The zero-order valence-corrected chi connectivity index (χ0v) is 6.39. The summed E-state index contributed by atoms with van der Waals surface area (Å²) in [6.45, 7) is 0. The van der Waals surface area contributed by atoms with Crippen molar-refractivity contribution in [2.24, 2.45) is 0 Å². The molecule has 2 aromatic heterocycles. The number of rotatable bonds is 2. The van der Waals surface area contributed by atoms with Crippen LogP contribution in [-0.2, 0) is 0 Å². The lowest BCUT2D eigenvalue weighted by atomic mass is 10.2. The van der Waals surface area contributed by atoms with Crippen LogP contribution in [0.3, 0.4) is 0 Å². The summed E-state index contributed by atoms with van der Waals surface area (Å²) in [4.78, 5) is 9.96. The molecule has 2 heterocycles. The SMILES string of the molecule is O=[N+]([O-])c1[nH]ncc1-c1cn[nH]c1. The number of nitrogens with zero attached hydrogens (tertiary/aromatic N) is 3. The Morgan fingerprint density at radius 1 is 1.38 bits per heavy atom. The van der Waals surface area contributed by atoms with Gasteiger partial charge in [-0.15, -0.1) is 5.10 Å². The second-order valence-corrected chi connectivity index (χ2v) is 2.38. The molecule has 2 aromatic rings. The molecule has 66 valence electrons. The van der Waals surface area contributed by atoms with Gasteiger partial charge in [-0.1, -0.05) is 5.10 Å². The molecule has 0 aliphatic carbocycles. The molecule has 2 N–H and O–H groups in total. The summed E-state index contributed by atoms with van der Waals surface area (Å²) >= 11 is 0. The second kappa shape index (κ2) is 2.70. The van der Waals surface area contributed by atoms with Crippen molar-refractivity contribution in [3.05, 3.63) is 28.7 Å². The lowest BCUT2D eigenvalue weighted by Crippen LogP contribution is -1.89. The van der Waals surface area contributed by atoms with E-state index in [1.54, 1.807) is 6.20 Å². The molecule has 0 aromatic carbocycles. The average molecular weight is 179 g/mol. The van der Waals surface area contributed by atoms with Crippen molar-refractivity contribution in [2.75, 3.05) is 0 Å². The molecule has 0 atom stereocenters. The predicted molar refractivity (Wildman–Crippen MR) is 42.8 cm³/mol. The van der Waals surface area contributed by atoms with E-state index in [-0.39, 0.29) is 5.82 Å². The lowest BCUT2D eigenvalue weighted by molar-refractivity contribution is -0.388. The number of hydrogen-bond acceptors (Lipinski definition) is 4. The fourth-order valence-electron chi connectivity index (χ4n) is 1.03. The lowest BCUT2D eigenvalue weighted by Gasteiger charge is -1.92. The van der Waals surface area contributed by atoms with E-state index >= 15 is 0 Å². The monoisotopic (exact) mass is 179 g/mol. The standard InChI is InChI=1S/C6H5N5O2/c12-11(13)6-5(3-9-10-6)4-1-7-8-2-4/h1-3H,(H,7,8)(H,9,10). The summed E-state index contributed by atoms with van der Waals surface area (Å²) in [7, 11) is 0. The maximum absolute atomic E-state index is 10.5. The van der Waals surface area contributed by atoms with Crippen LogP contribution in [0, 0.1) is 10.1 Å². The number of aromatic nitrogens is 4. The van der Waals surface area contributed by atoms with Gasteiger partial charge in [-0.3, -0.25) is 5.10 Å². The van der Waals surface area contributed by atoms with Crippen LogP contribution in [0.15, 0.2) is 18.6 Å². The van der Waals surface area contributed by atoms with Gasteiger partial charge in [-0.25, -0.2) is 0 Å². The smallest absolute Gasteiger partial charge is 0.350 e. The van der Waals surface area contributed by atoms with Gasteiger partial charge in [0, 0.05) is 11.8 Å². The molecule has 0 bridgehead atoms. The molecule has 0 radical (unpaired) electrons. The molecule has 0 spiro atoms. The maximum Gasteiger partial charge on any atom is 0.350 e. The van der Waals surface area contributed by atoms with E-state index in [0.717, 1.165) is 0 Å². The summed E-state index contributed by atoms with van der Waals surface area (Å²) in [5.74, 6) is -0.124.